The number of pyridine rings is 1. The quantitative estimate of drug-likeness (QED) is 0.480. The Labute approximate surface area is 106 Å². The third-order valence-corrected chi connectivity index (χ3v) is 2.23. The van der Waals surface area contributed by atoms with Crippen LogP contribution in [-0.4, -0.2) is 16.2 Å². The van der Waals surface area contributed by atoms with Gasteiger partial charge in [0.2, 0.25) is 5.75 Å². The number of rotatable bonds is 4. The van der Waals surface area contributed by atoms with Crippen molar-refractivity contribution in [3.8, 4) is 11.5 Å². The van der Waals surface area contributed by atoms with Crippen molar-refractivity contribution in [1.82, 2.24) is 4.98 Å². The number of aldehydes is 1. The Morgan fingerprint density at radius 2 is 2.16 bits per heavy atom. The van der Waals surface area contributed by atoms with E-state index >= 15 is 0 Å². The Bertz CT molecular complexity index is 645. The van der Waals surface area contributed by atoms with Crippen LogP contribution in [-0.2, 0) is 0 Å². The summed E-state index contributed by atoms with van der Waals surface area (Å²) in [5.41, 5.74) is -0.284. The number of hydrogen-bond donors (Lipinski definition) is 0. The van der Waals surface area contributed by atoms with Gasteiger partial charge in [0.25, 0.3) is 0 Å². The van der Waals surface area contributed by atoms with Gasteiger partial charge in [-0.25, -0.2) is 4.39 Å². The lowest BCUT2D eigenvalue weighted by Gasteiger charge is -2.06. The largest absolute Gasteiger partial charge is 0.445 e. The smallest absolute Gasteiger partial charge is 0.314 e. The molecule has 0 aliphatic rings. The number of halogens is 1. The maximum absolute atomic E-state index is 13.6. The van der Waals surface area contributed by atoms with Crippen LogP contribution >= 0.6 is 0 Å². The third kappa shape index (κ3) is 2.71. The predicted molar refractivity (Wildman–Crippen MR) is 62.8 cm³/mol. The summed E-state index contributed by atoms with van der Waals surface area (Å²) in [6.45, 7) is 0. The molecule has 1 aromatic carbocycles. The van der Waals surface area contributed by atoms with Gasteiger partial charge in [-0.2, -0.15) is 0 Å². The number of carbonyl (C=O) groups excluding carboxylic acids is 1. The molecule has 0 unspecified atom stereocenters. The minimum atomic E-state index is -0.870. The Balaban J connectivity index is 2.42. The number of carbonyl (C=O) groups is 1. The molecule has 1 aromatic heterocycles. The molecule has 0 aliphatic carbocycles. The molecule has 0 fully saturated rings. The average Bonchev–Trinajstić information content (AvgIpc) is 2.41. The number of benzene rings is 1. The Kier molecular flexibility index (Phi) is 3.46. The SMILES string of the molecule is O=Cc1cncc(Oc2c(F)cccc2[N+](=O)[O-])c1. The zero-order chi connectivity index (χ0) is 13.8. The molecule has 6 nitrogen and oxygen atoms in total. The fourth-order valence-electron chi connectivity index (χ4n) is 1.42. The molecule has 0 atom stereocenters. The molecule has 0 saturated heterocycles. The summed E-state index contributed by atoms with van der Waals surface area (Å²) in [4.78, 5) is 24.3. The highest BCUT2D eigenvalue weighted by Crippen LogP contribution is 2.33. The minimum Gasteiger partial charge on any atom is -0.445 e. The second-order valence-electron chi connectivity index (χ2n) is 3.52. The van der Waals surface area contributed by atoms with Crippen LogP contribution in [0, 0.1) is 15.9 Å². The molecule has 0 radical (unpaired) electrons. The standard InChI is InChI=1S/C12H7FN2O4/c13-10-2-1-3-11(15(17)18)12(10)19-9-4-8(7-16)5-14-6-9/h1-7H. The van der Waals surface area contributed by atoms with Crippen molar-refractivity contribution >= 4 is 12.0 Å². The minimum absolute atomic E-state index is 0.0396. The normalized spacial score (nSPS) is 9.95. The van der Waals surface area contributed by atoms with Gasteiger partial charge in [-0.15, -0.1) is 0 Å². The molecule has 7 heteroatoms. The van der Waals surface area contributed by atoms with E-state index in [9.17, 15) is 19.3 Å². The van der Waals surface area contributed by atoms with Crippen LogP contribution < -0.4 is 4.74 Å². The molecule has 0 bridgehead atoms. The van der Waals surface area contributed by atoms with Gasteiger partial charge in [-0.1, -0.05) is 6.07 Å². The van der Waals surface area contributed by atoms with Gasteiger partial charge in [-0.3, -0.25) is 19.9 Å². The molecule has 1 heterocycles. The first-order chi connectivity index (χ1) is 9.11. The van der Waals surface area contributed by atoms with Crippen molar-refractivity contribution in [2.45, 2.75) is 0 Å². The van der Waals surface area contributed by atoms with Crippen LogP contribution in [0.5, 0.6) is 11.5 Å². The van der Waals surface area contributed by atoms with Crippen LogP contribution in [0.2, 0.25) is 0 Å². The molecule has 2 aromatic rings. The van der Waals surface area contributed by atoms with E-state index in [1.807, 2.05) is 0 Å². The first kappa shape index (κ1) is 12.6. The summed E-state index contributed by atoms with van der Waals surface area (Å²) in [6, 6.07) is 4.67. The Hall–Kier alpha value is -2.83. The molecule has 96 valence electrons. The van der Waals surface area contributed by atoms with Gasteiger partial charge < -0.3 is 4.74 Å². The summed E-state index contributed by atoms with van der Waals surface area (Å²) in [7, 11) is 0. The number of nitro groups is 1. The number of ether oxygens (including phenoxy) is 1. The molecule has 0 saturated carbocycles. The molecular formula is C12H7FN2O4. The van der Waals surface area contributed by atoms with E-state index in [1.54, 1.807) is 0 Å². The summed E-state index contributed by atoms with van der Waals surface area (Å²) >= 11 is 0. The summed E-state index contributed by atoms with van der Waals surface area (Å²) < 4.78 is 18.7. The number of para-hydroxylation sites is 1. The van der Waals surface area contributed by atoms with Crippen LogP contribution in [0.1, 0.15) is 10.4 Å². The van der Waals surface area contributed by atoms with E-state index in [0.717, 1.165) is 12.1 Å². The Morgan fingerprint density at radius 3 is 2.84 bits per heavy atom. The maximum atomic E-state index is 13.6. The molecule has 0 N–H and O–H groups in total. The van der Waals surface area contributed by atoms with Gasteiger partial charge in [0.1, 0.15) is 5.75 Å². The van der Waals surface area contributed by atoms with Gasteiger partial charge >= 0.3 is 5.69 Å². The lowest BCUT2D eigenvalue weighted by atomic mass is 10.2. The van der Waals surface area contributed by atoms with Crippen LogP contribution in [0.4, 0.5) is 10.1 Å². The molecule has 0 amide bonds. The van der Waals surface area contributed by atoms with Crippen molar-refractivity contribution in [2.24, 2.45) is 0 Å². The van der Waals surface area contributed by atoms with Crippen molar-refractivity contribution in [2.75, 3.05) is 0 Å². The van der Waals surface area contributed by atoms with E-state index in [-0.39, 0.29) is 11.3 Å². The number of nitrogens with zero attached hydrogens (tertiary/aromatic N) is 2. The van der Waals surface area contributed by atoms with Crippen molar-refractivity contribution in [1.29, 1.82) is 0 Å². The second-order valence-corrected chi connectivity index (χ2v) is 3.52. The summed E-state index contributed by atoms with van der Waals surface area (Å²) in [5, 5.41) is 10.8. The van der Waals surface area contributed by atoms with Crippen molar-refractivity contribution < 1.29 is 18.8 Å². The fraction of sp³-hybridized carbons (Fsp3) is 0. The van der Waals surface area contributed by atoms with Crippen LogP contribution in [0.3, 0.4) is 0 Å². The van der Waals surface area contributed by atoms with Crippen molar-refractivity contribution in [3.63, 3.8) is 0 Å². The highest BCUT2D eigenvalue weighted by Gasteiger charge is 2.20. The van der Waals surface area contributed by atoms with Crippen LogP contribution in [0.15, 0.2) is 36.7 Å². The first-order valence-corrected chi connectivity index (χ1v) is 5.13. The zero-order valence-electron chi connectivity index (χ0n) is 9.45. The summed E-state index contributed by atoms with van der Waals surface area (Å²) in [5.74, 6) is -1.35. The van der Waals surface area contributed by atoms with E-state index in [1.165, 1.54) is 24.5 Å². The van der Waals surface area contributed by atoms with Crippen molar-refractivity contribution in [3.05, 3.63) is 58.2 Å². The molecule has 19 heavy (non-hydrogen) atoms. The third-order valence-electron chi connectivity index (χ3n) is 2.23. The average molecular weight is 262 g/mol. The number of aromatic nitrogens is 1. The lowest BCUT2D eigenvalue weighted by molar-refractivity contribution is -0.385. The fourth-order valence-corrected chi connectivity index (χ4v) is 1.42. The molecule has 0 aliphatic heterocycles. The van der Waals surface area contributed by atoms with E-state index in [2.05, 4.69) is 4.98 Å². The Morgan fingerprint density at radius 1 is 1.37 bits per heavy atom. The number of nitro benzene ring substituents is 1. The summed E-state index contributed by atoms with van der Waals surface area (Å²) in [6.07, 6.45) is 3.05. The van der Waals surface area contributed by atoms with Gasteiger partial charge in [0.15, 0.2) is 12.1 Å². The monoisotopic (exact) mass is 262 g/mol. The lowest BCUT2D eigenvalue weighted by Crippen LogP contribution is -1.96. The molecule has 0 spiro atoms. The number of hydrogen-bond acceptors (Lipinski definition) is 5. The topological polar surface area (TPSA) is 82.3 Å². The van der Waals surface area contributed by atoms with Gasteiger partial charge in [0, 0.05) is 17.8 Å². The van der Waals surface area contributed by atoms with Crippen LogP contribution in [0.25, 0.3) is 0 Å². The second kappa shape index (κ2) is 5.21. The van der Waals surface area contributed by atoms with E-state index < -0.39 is 22.2 Å². The molecular weight excluding hydrogens is 255 g/mol. The highest BCUT2D eigenvalue weighted by molar-refractivity contribution is 5.74. The van der Waals surface area contributed by atoms with Gasteiger partial charge in [0.05, 0.1) is 11.1 Å². The van der Waals surface area contributed by atoms with E-state index in [0.29, 0.717) is 6.29 Å². The predicted octanol–water partition coefficient (Wildman–Crippen LogP) is 2.73. The van der Waals surface area contributed by atoms with Gasteiger partial charge in [-0.05, 0) is 12.1 Å². The van der Waals surface area contributed by atoms with E-state index in [4.69, 9.17) is 4.74 Å². The highest BCUT2D eigenvalue weighted by atomic mass is 19.1. The first-order valence-electron chi connectivity index (χ1n) is 5.13. The maximum Gasteiger partial charge on any atom is 0.314 e. The molecule has 2 rings (SSSR count). The zero-order valence-corrected chi connectivity index (χ0v) is 9.45.